The molecule has 8 nitrogen and oxygen atoms in total. The van der Waals surface area contributed by atoms with Gasteiger partial charge in [0, 0.05) is 24.1 Å². The molecule has 0 saturated carbocycles. The number of aromatic nitrogens is 2. The highest BCUT2D eigenvalue weighted by Gasteiger charge is 2.19. The lowest BCUT2D eigenvalue weighted by molar-refractivity contribution is -0.384. The monoisotopic (exact) mass is 385 g/mol. The lowest BCUT2D eigenvalue weighted by atomic mass is 10.1. The summed E-state index contributed by atoms with van der Waals surface area (Å²) in [6, 6.07) is 11.8. The Morgan fingerprint density at radius 1 is 1.21 bits per heavy atom. The Morgan fingerprint density at radius 2 is 1.93 bits per heavy atom. The van der Waals surface area contributed by atoms with Crippen LogP contribution in [0.1, 0.15) is 30.9 Å². The molecule has 0 radical (unpaired) electrons. The van der Waals surface area contributed by atoms with Crippen molar-refractivity contribution >= 4 is 11.7 Å². The Kier molecular flexibility index (Phi) is 5.73. The van der Waals surface area contributed by atoms with Gasteiger partial charge in [0.1, 0.15) is 5.82 Å². The number of carbonyl (C=O) groups is 1. The molecular formula is C19H16FN3O5. The summed E-state index contributed by atoms with van der Waals surface area (Å²) in [4.78, 5) is 22.2. The van der Waals surface area contributed by atoms with Crippen LogP contribution in [0, 0.1) is 15.9 Å². The molecule has 0 amide bonds. The Hall–Kier alpha value is -3.62. The van der Waals surface area contributed by atoms with Crippen molar-refractivity contribution in [3.63, 3.8) is 0 Å². The topological polar surface area (TPSA) is 108 Å². The first-order chi connectivity index (χ1) is 13.4. The lowest BCUT2D eigenvalue weighted by Gasteiger charge is -2.09. The maximum Gasteiger partial charge on any atom is 0.306 e. The average molecular weight is 385 g/mol. The molecule has 144 valence electrons. The van der Waals surface area contributed by atoms with Crippen molar-refractivity contribution in [2.75, 3.05) is 0 Å². The van der Waals surface area contributed by atoms with Crippen LogP contribution in [0.2, 0.25) is 0 Å². The molecule has 2 aromatic carbocycles. The van der Waals surface area contributed by atoms with E-state index in [-0.39, 0.29) is 36.1 Å². The molecule has 0 spiro atoms. The van der Waals surface area contributed by atoms with Gasteiger partial charge in [0.15, 0.2) is 6.10 Å². The van der Waals surface area contributed by atoms with Gasteiger partial charge in [0.25, 0.3) is 11.6 Å². The fraction of sp³-hybridized carbons (Fsp3) is 0.211. The fourth-order valence-electron chi connectivity index (χ4n) is 2.49. The zero-order valence-electron chi connectivity index (χ0n) is 14.9. The van der Waals surface area contributed by atoms with Crippen molar-refractivity contribution in [3.8, 4) is 11.5 Å². The van der Waals surface area contributed by atoms with Gasteiger partial charge in [-0.2, -0.15) is 0 Å². The minimum absolute atomic E-state index is 0.00855. The van der Waals surface area contributed by atoms with Crippen molar-refractivity contribution < 1.29 is 23.3 Å². The van der Waals surface area contributed by atoms with Crippen molar-refractivity contribution in [1.29, 1.82) is 0 Å². The molecule has 0 bridgehead atoms. The number of nitrogens with zero attached hydrogens (tertiary/aromatic N) is 3. The van der Waals surface area contributed by atoms with Crippen molar-refractivity contribution in [1.82, 2.24) is 10.2 Å². The largest absolute Gasteiger partial charge is 0.453 e. The van der Waals surface area contributed by atoms with Gasteiger partial charge in [-0.3, -0.25) is 14.9 Å². The second kappa shape index (κ2) is 8.38. The van der Waals surface area contributed by atoms with Crippen molar-refractivity contribution in [2.24, 2.45) is 0 Å². The average Bonchev–Trinajstić information content (AvgIpc) is 3.18. The van der Waals surface area contributed by atoms with Gasteiger partial charge in [-0.1, -0.05) is 18.2 Å². The maximum absolute atomic E-state index is 13.6. The van der Waals surface area contributed by atoms with E-state index in [1.165, 1.54) is 30.3 Å². The second-order valence-electron chi connectivity index (χ2n) is 5.97. The van der Waals surface area contributed by atoms with E-state index in [0.717, 1.165) is 0 Å². The molecule has 0 unspecified atom stereocenters. The molecule has 0 aliphatic rings. The van der Waals surface area contributed by atoms with Gasteiger partial charge in [-0.25, -0.2) is 4.39 Å². The molecule has 1 aromatic heterocycles. The SMILES string of the molecule is C[C@H](OC(=O)CCc1ccccc1F)c1nnc(-c2ccc([N+](=O)[O-])cc2)o1. The summed E-state index contributed by atoms with van der Waals surface area (Å²) in [5.41, 5.74) is 0.883. The number of hydrogen-bond acceptors (Lipinski definition) is 7. The predicted molar refractivity (Wildman–Crippen MR) is 95.6 cm³/mol. The summed E-state index contributed by atoms with van der Waals surface area (Å²) in [7, 11) is 0. The lowest BCUT2D eigenvalue weighted by Crippen LogP contribution is -2.10. The number of esters is 1. The van der Waals surface area contributed by atoms with E-state index in [1.54, 1.807) is 25.1 Å². The van der Waals surface area contributed by atoms with Crippen LogP contribution in [-0.2, 0) is 16.0 Å². The van der Waals surface area contributed by atoms with E-state index in [0.29, 0.717) is 11.1 Å². The number of hydrogen-bond donors (Lipinski definition) is 0. The van der Waals surface area contributed by atoms with Crippen LogP contribution in [0.3, 0.4) is 0 Å². The molecule has 0 aliphatic heterocycles. The number of nitro groups is 1. The number of nitro benzene ring substituents is 1. The number of benzene rings is 2. The molecule has 0 aliphatic carbocycles. The van der Waals surface area contributed by atoms with Crippen LogP contribution in [0.25, 0.3) is 11.5 Å². The van der Waals surface area contributed by atoms with Crippen LogP contribution < -0.4 is 0 Å². The van der Waals surface area contributed by atoms with Gasteiger partial charge in [-0.15, -0.1) is 10.2 Å². The summed E-state index contributed by atoms with van der Waals surface area (Å²) in [6.45, 7) is 1.58. The Morgan fingerprint density at radius 3 is 2.61 bits per heavy atom. The van der Waals surface area contributed by atoms with Gasteiger partial charge in [0.2, 0.25) is 5.89 Å². The molecule has 0 saturated heterocycles. The standard InChI is InChI=1S/C19H16FN3O5/c1-12(27-17(24)11-8-13-4-2-3-5-16(13)20)18-21-22-19(28-18)14-6-9-15(10-7-14)23(25)26/h2-7,9-10,12H,8,11H2,1H3/t12-/m0/s1. The van der Waals surface area contributed by atoms with Crippen LogP contribution in [0.15, 0.2) is 52.9 Å². The minimum Gasteiger partial charge on any atom is -0.453 e. The first kappa shape index (κ1) is 19.2. The van der Waals surface area contributed by atoms with E-state index in [1.807, 2.05) is 0 Å². The highest BCUT2D eigenvalue weighted by molar-refractivity contribution is 5.70. The molecule has 28 heavy (non-hydrogen) atoms. The molecule has 3 rings (SSSR count). The third-order valence-electron chi connectivity index (χ3n) is 3.98. The van der Waals surface area contributed by atoms with Gasteiger partial charge in [0.05, 0.1) is 4.92 Å². The smallest absolute Gasteiger partial charge is 0.306 e. The third-order valence-corrected chi connectivity index (χ3v) is 3.98. The molecule has 0 fully saturated rings. The highest BCUT2D eigenvalue weighted by Crippen LogP contribution is 2.24. The second-order valence-corrected chi connectivity index (χ2v) is 5.97. The quantitative estimate of drug-likeness (QED) is 0.343. The number of non-ortho nitro benzene ring substituents is 1. The van der Waals surface area contributed by atoms with E-state index in [9.17, 15) is 19.3 Å². The predicted octanol–water partition coefficient (Wildman–Crippen LogP) is 4.02. The third kappa shape index (κ3) is 4.56. The number of halogens is 1. The normalized spacial score (nSPS) is 11.8. The minimum atomic E-state index is -0.785. The number of carbonyl (C=O) groups excluding carboxylic acids is 1. The zero-order valence-corrected chi connectivity index (χ0v) is 14.9. The molecular weight excluding hydrogens is 369 g/mol. The summed E-state index contributed by atoms with van der Waals surface area (Å²) < 4.78 is 24.3. The first-order valence-corrected chi connectivity index (χ1v) is 8.45. The number of aryl methyl sites for hydroxylation is 1. The van der Waals surface area contributed by atoms with E-state index in [2.05, 4.69) is 10.2 Å². The summed E-state index contributed by atoms with van der Waals surface area (Å²) >= 11 is 0. The maximum atomic E-state index is 13.6. The molecule has 1 heterocycles. The van der Waals surface area contributed by atoms with E-state index in [4.69, 9.17) is 9.15 Å². The van der Waals surface area contributed by atoms with Crippen LogP contribution >= 0.6 is 0 Å². The van der Waals surface area contributed by atoms with Crippen molar-refractivity contribution in [3.05, 3.63) is 75.9 Å². The van der Waals surface area contributed by atoms with Crippen LogP contribution in [-0.4, -0.2) is 21.1 Å². The summed E-state index contributed by atoms with van der Waals surface area (Å²) in [6.07, 6.45) is -0.558. The van der Waals surface area contributed by atoms with Gasteiger partial charge in [-0.05, 0) is 37.1 Å². The zero-order chi connectivity index (χ0) is 20.1. The molecule has 1 atom stereocenters. The summed E-state index contributed by atoms with van der Waals surface area (Å²) in [5, 5.41) is 18.4. The summed E-state index contributed by atoms with van der Waals surface area (Å²) in [5.74, 6) is -0.648. The van der Waals surface area contributed by atoms with E-state index >= 15 is 0 Å². The Balaban J connectivity index is 1.59. The number of ether oxygens (including phenoxy) is 1. The highest BCUT2D eigenvalue weighted by atomic mass is 19.1. The Bertz CT molecular complexity index is 987. The van der Waals surface area contributed by atoms with Crippen molar-refractivity contribution in [2.45, 2.75) is 25.9 Å². The molecule has 9 heteroatoms. The van der Waals surface area contributed by atoms with Gasteiger partial charge < -0.3 is 9.15 Å². The van der Waals surface area contributed by atoms with E-state index < -0.39 is 17.0 Å². The first-order valence-electron chi connectivity index (χ1n) is 8.45. The van der Waals surface area contributed by atoms with Crippen LogP contribution in [0.4, 0.5) is 10.1 Å². The Labute approximate surface area is 159 Å². The fourth-order valence-corrected chi connectivity index (χ4v) is 2.49. The molecule has 0 N–H and O–H groups in total. The number of rotatable bonds is 7. The molecule has 3 aromatic rings. The van der Waals surface area contributed by atoms with Gasteiger partial charge >= 0.3 is 5.97 Å². The van der Waals surface area contributed by atoms with Crippen LogP contribution in [0.5, 0.6) is 0 Å².